The molecule has 0 atom stereocenters. The van der Waals surface area contributed by atoms with Gasteiger partial charge in [-0.1, -0.05) is 279 Å². The van der Waals surface area contributed by atoms with Crippen molar-refractivity contribution in [3.63, 3.8) is 0 Å². The van der Waals surface area contributed by atoms with Crippen molar-refractivity contribution >= 4 is 86.4 Å². The van der Waals surface area contributed by atoms with Crippen LogP contribution in [0.15, 0.2) is 346 Å². The molecule has 1 aromatic heterocycles. The fraction of sp³-hybridized carbons (Fsp3) is 0. The molecule has 0 radical (unpaired) electrons. The van der Waals surface area contributed by atoms with Crippen LogP contribution in [0.1, 0.15) is 0 Å². The predicted molar refractivity (Wildman–Crippen MR) is 389 cm³/mol. The summed E-state index contributed by atoms with van der Waals surface area (Å²) >= 11 is 0. The molecule has 0 unspecified atom stereocenters. The van der Waals surface area contributed by atoms with Gasteiger partial charge in [-0.05, 0) is 220 Å². The van der Waals surface area contributed by atoms with Crippen molar-refractivity contribution in [2.75, 3.05) is 0 Å². The van der Waals surface area contributed by atoms with Crippen molar-refractivity contribution in [3.05, 3.63) is 346 Å². The Morgan fingerprint density at radius 3 is 0.945 bits per heavy atom. The highest BCUT2D eigenvalue weighted by molar-refractivity contribution is 6.17. The third-order valence-corrected chi connectivity index (χ3v) is 19.1. The standard InChI is InChI=1S/C90H57N/c1-3-21-60(22-4-1)83-54-66(85-52-62-27-9-13-33-73(62)79-35-15-17-37-81(79)85)41-45-77(83)64-43-47-89-87(56-64)88-57-65(78-46-42-67(55-84(78)61-23-5-2-6-24-61)86-53-63-28-10-14-34-74(63)80-36-16-18-38-82(80)86)44-48-90(88)91(89)70-50-68(75-39-19-29-58-25-7-11-31-71(58)75)49-69(51-70)76-40-20-30-59-26-8-12-32-72(59)76/h1-57H. The Morgan fingerprint density at radius 1 is 0.143 bits per heavy atom. The molecule has 17 aromatic carbocycles. The van der Waals surface area contributed by atoms with E-state index >= 15 is 0 Å². The fourth-order valence-corrected chi connectivity index (χ4v) is 14.9. The highest BCUT2D eigenvalue weighted by Gasteiger charge is 2.22. The topological polar surface area (TPSA) is 4.93 Å². The molecule has 91 heavy (non-hydrogen) atoms. The summed E-state index contributed by atoms with van der Waals surface area (Å²) in [5.74, 6) is 0. The number of hydrogen-bond donors (Lipinski definition) is 0. The Bertz CT molecular complexity index is 5580. The van der Waals surface area contributed by atoms with Crippen LogP contribution in [0.5, 0.6) is 0 Å². The number of fused-ring (bicyclic) bond motifs is 11. The quantitative estimate of drug-likeness (QED) is 0.127. The van der Waals surface area contributed by atoms with Gasteiger partial charge in [0.2, 0.25) is 0 Å². The van der Waals surface area contributed by atoms with Crippen LogP contribution in [-0.4, -0.2) is 4.57 Å². The Kier molecular flexibility index (Phi) is 12.3. The van der Waals surface area contributed by atoms with Gasteiger partial charge in [0, 0.05) is 16.5 Å². The van der Waals surface area contributed by atoms with Gasteiger partial charge >= 0.3 is 0 Å². The van der Waals surface area contributed by atoms with Gasteiger partial charge in [-0.15, -0.1) is 0 Å². The zero-order valence-electron chi connectivity index (χ0n) is 49.9. The van der Waals surface area contributed by atoms with E-state index in [1.807, 2.05) is 0 Å². The van der Waals surface area contributed by atoms with E-state index in [-0.39, 0.29) is 0 Å². The lowest BCUT2D eigenvalue weighted by atomic mass is 9.87. The van der Waals surface area contributed by atoms with E-state index in [4.69, 9.17) is 0 Å². The maximum absolute atomic E-state index is 2.53. The second-order valence-corrected chi connectivity index (χ2v) is 24.3. The molecule has 0 spiro atoms. The predicted octanol–water partition coefficient (Wildman–Crippen LogP) is 25.0. The first-order valence-corrected chi connectivity index (χ1v) is 31.5. The molecule has 0 fully saturated rings. The zero-order chi connectivity index (χ0) is 59.9. The first kappa shape index (κ1) is 52.2. The highest BCUT2D eigenvalue weighted by Crippen LogP contribution is 2.47. The molecule has 1 heteroatoms. The molecule has 0 aliphatic heterocycles. The van der Waals surface area contributed by atoms with Gasteiger partial charge in [-0.25, -0.2) is 0 Å². The lowest BCUT2D eigenvalue weighted by molar-refractivity contribution is 1.18. The van der Waals surface area contributed by atoms with Crippen molar-refractivity contribution in [2.45, 2.75) is 0 Å². The van der Waals surface area contributed by atoms with Crippen molar-refractivity contribution in [2.24, 2.45) is 0 Å². The molecule has 0 bridgehead atoms. The van der Waals surface area contributed by atoms with Gasteiger partial charge in [0.05, 0.1) is 11.0 Å². The molecule has 0 saturated heterocycles. The molecule has 18 rings (SSSR count). The minimum absolute atomic E-state index is 1.10. The molecular formula is C90H57N. The van der Waals surface area contributed by atoms with Gasteiger partial charge in [0.1, 0.15) is 0 Å². The minimum Gasteiger partial charge on any atom is -0.309 e. The molecule has 0 aliphatic carbocycles. The van der Waals surface area contributed by atoms with Crippen molar-refractivity contribution < 1.29 is 0 Å². The number of hydrogen-bond acceptors (Lipinski definition) is 0. The highest BCUT2D eigenvalue weighted by atomic mass is 15.0. The van der Waals surface area contributed by atoms with Crippen LogP contribution in [0.3, 0.4) is 0 Å². The molecule has 1 heterocycles. The van der Waals surface area contributed by atoms with Crippen LogP contribution in [0.25, 0.3) is 181 Å². The van der Waals surface area contributed by atoms with Crippen LogP contribution >= 0.6 is 0 Å². The summed E-state index contributed by atoms with van der Waals surface area (Å²) in [7, 11) is 0. The third-order valence-electron chi connectivity index (χ3n) is 19.1. The van der Waals surface area contributed by atoms with E-state index in [0.29, 0.717) is 0 Å². The van der Waals surface area contributed by atoms with Crippen molar-refractivity contribution in [1.29, 1.82) is 0 Å². The van der Waals surface area contributed by atoms with E-state index in [9.17, 15) is 0 Å². The molecule has 0 aliphatic rings. The van der Waals surface area contributed by atoms with Gasteiger partial charge < -0.3 is 4.57 Å². The normalized spacial score (nSPS) is 11.7. The molecule has 18 aromatic rings. The van der Waals surface area contributed by atoms with Crippen molar-refractivity contribution in [3.8, 4) is 94.7 Å². The van der Waals surface area contributed by atoms with Gasteiger partial charge in [0.25, 0.3) is 0 Å². The zero-order valence-corrected chi connectivity index (χ0v) is 49.9. The summed E-state index contributed by atoms with van der Waals surface area (Å²) in [6, 6.07) is 129. The fourth-order valence-electron chi connectivity index (χ4n) is 14.9. The van der Waals surface area contributed by atoms with Crippen LogP contribution in [0, 0.1) is 0 Å². The van der Waals surface area contributed by atoms with Gasteiger partial charge in [0.15, 0.2) is 0 Å². The van der Waals surface area contributed by atoms with E-state index in [1.165, 1.54) is 153 Å². The summed E-state index contributed by atoms with van der Waals surface area (Å²) in [4.78, 5) is 0. The van der Waals surface area contributed by atoms with Gasteiger partial charge in [-0.2, -0.15) is 0 Å². The average molecular weight is 1150 g/mol. The molecular weight excluding hydrogens is 1090 g/mol. The molecule has 1 nitrogen and oxygen atoms in total. The second-order valence-electron chi connectivity index (χ2n) is 24.3. The van der Waals surface area contributed by atoms with Crippen LogP contribution in [0.2, 0.25) is 0 Å². The molecule has 0 saturated carbocycles. The lowest BCUT2D eigenvalue weighted by Gasteiger charge is -2.17. The number of aromatic nitrogens is 1. The summed E-state index contributed by atoms with van der Waals surface area (Å²) in [5.41, 5.74) is 22.3. The monoisotopic (exact) mass is 1150 g/mol. The van der Waals surface area contributed by atoms with Crippen LogP contribution in [-0.2, 0) is 0 Å². The Morgan fingerprint density at radius 2 is 0.495 bits per heavy atom. The second kappa shape index (κ2) is 21.5. The molecule has 0 N–H and O–H groups in total. The first-order valence-electron chi connectivity index (χ1n) is 31.5. The Labute approximate surface area is 528 Å². The van der Waals surface area contributed by atoms with E-state index < -0.39 is 0 Å². The summed E-state index contributed by atoms with van der Waals surface area (Å²) < 4.78 is 2.53. The largest absolute Gasteiger partial charge is 0.309 e. The Balaban J connectivity index is 0.888. The Hall–Kier alpha value is -11.9. The number of nitrogens with zero attached hydrogens (tertiary/aromatic N) is 1. The summed E-state index contributed by atoms with van der Waals surface area (Å²) in [6.45, 7) is 0. The average Bonchev–Trinajstić information content (AvgIpc) is 1.69. The van der Waals surface area contributed by atoms with E-state index in [0.717, 1.165) is 27.8 Å². The third kappa shape index (κ3) is 8.85. The maximum atomic E-state index is 2.53. The lowest BCUT2D eigenvalue weighted by Crippen LogP contribution is -1.97. The van der Waals surface area contributed by atoms with Crippen molar-refractivity contribution in [1.82, 2.24) is 4.57 Å². The van der Waals surface area contributed by atoms with Crippen LogP contribution in [0.4, 0.5) is 0 Å². The minimum atomic E-state index is 1.10. The number of rotatable bonds is 9. The SMILES string of the molecule is c1ccc(-c2cc(-c3cc4ccccc4c4ccccc34)ccc2-c2ccc3c(c2)c2cc(-c4ccc(-c5cc6ccccc6c6ccccc56)cc4-c4ccccc4)ccc2n3-c2cc(-c3cccc4ccccc34)cc(-c3cccc4ccccc34)c2)cc1. The molecule has 422 valence electrons. The summed E-state index contributed by atoms with van der Waals surface area (Å²) in [5, 5.41) is 17.3. The van der Waals surface area contributed by atoms with Crippen LogP contribution < -0.4 is 0 Å². The van der Waals surface area contributed by atoms with Gasteiger partial charge in [-0.3, -0.25) is 0 Å². The maximum Gasteiger partial charge on any atom is 0.0541 e. The smallest absolute Gasteiger partial charge is 0.0541 e. The van der Waals surface area contributed by atoms with E-state index in [1.54, 1.807) is 0 Å². The number of benzene rings is 17. The first-order chi connectivity index (χ1) is 45.1. The molecule has 0 amide bonds. The summed E-state index contributed by atoms with van der Waals surface area (Å²) in [6.07, 6.45) is 0. The van der Waals surface area contributed by atoms with E-state index in [2.05, 4.69) is 350 Å².